The summed E-state index contributed by atoms with van der Waals surface area (Å²) in [6.45, 7) is 4.75. The Kier molecular flexibility index (Phi) is 4.82. The quantitative estimate of drug-likeness (QED) is 0.602. The van der Waals surface area contributed by atoms with Crippen molar-refractivity contribution in [2.24, 2.45) is 0 Å². The summed E-state index contributed by atoms with van der Waals surface area (Å²) in [4.78, 5) is 10.8. The molecule has 0 spiro atoms. The Morgan fingerprint density at radius 1 is 1.47 bits per heavy atom. The highest BCUT2D eigenvalue weighted by Crippen LogP contribution is 2.26. The summed E-state index contributed by atoms with van der Waals surface area (Å²) in [5.41, 5.74) is 1.68. The van der Waals surface area contributed by atoms with Crippen LogP contribution in [-0.4, -0.2) is 12.9 Å². The van der Waals surface area contributed by atoms with Crippen molar-refractivity contribution >= 4 is 22.2 Å². The fourth-order valence-corrected chi connectivity index (χ4v) is 1.58. The first-order valence-electron chi connectivity index (χ1n) is 5.07. The lowest BCUT2D eigenvalue weighted by Crippen LogP contribution is -2.00. The van der Waals surface area contributed by atoms with Gasteiger partial charge in [-0.1, -0.05) is 29.3 Å². The number of aryl methyl sites for hydroxylation is 1. The van der Waals surface area contributed by atoms with Gasteiger partial charge >= 0.3 is 0 Å². The minimum Gasteiger partial charge on any atom is -0.493 e. The SMILES string of the molecule is CCCCOc1cc(C)c(Br)cc1C=O. The Bertz CT molecular complexity index is 348. The Balaban J connectivity index is 2.85. The molecular weight excluding hydrogens is 256 g/mol. The second kappa shape index (κ2) is 5.91. The van der Waals surface area contributed by atoms with E-state index in [-0.39, 0.29) is 0 Å². The van der Waals surface area contributed by atoms with Gasteiger partial charge in [0, 0.05) is 4.47 Å². The van der Waals surface area contributed by atoms with E-state index in [0.29, 0.717) is 17.9 Å². The van der Waals surface area contributed by atoms with Crippen LogP contribution in [0.5, 0.6) is 5.75 Å². The second-order valence-electron chi connectivity index (χ2n) is 3.46. The normalized spacial score (nSPS) is 10.1. The number of hydrogen-bond donors (Lipinski definition) is 0. The van der Waals surface area contributed by atoms with Crippen LogP contribution in [0.15, 0.2) is 16.6 Å². The Morgan fingerprint density at radius 3 is 2.80 bits per heavy atom. The third-order valence-corrected chi connectivity index (χ3v) is 3.03. The molecule has 1 aromatic rings. The smallest absolute Gasteiger partial charge is 0.153 e. The van der Waals surface area contributed by atoms with Gasteiger partial charge in [-0.05, 0) is 31.0 Å². The molecule has 3 heteroatoms. The zero-order chi connectivity index (χ0) is 11.3. The van der Waals surface area contributed by atoms with Gasteiger partial charge in [0.25, 0.3) is 0 Å². The van der Waals surface area contributed by atoms with E-state index in [1.807, 2.05) is 13.0 Å². The summed E-state index contributed by atoms with van der Waals surface area (Å²) in [6.07, 6.45) is 2.92. The van der Waals surface area contributed by atoms with E-state index < -0.39 is 0 Å². The fraction of sp³-hybridized carbons (Fsp3) is 0.417. The number of rotatable bonds is 5. The lowest BCUT2D eigenvalue weighted by molar-refractivity contribution is 0.111. The molecule has 2 nitrogen and oxygen atoms in total. The second-order valence-corrected chi connectivity index (χ2v) is 4.31. The van der Waals surface area contributed by atoms with E-state index in [0.717, 1.165) is 29.2 Å². The van der Waals surface area contributed by atoms with Gasteiger partial charge in [-0.25, -0.2) is 0 Å². The number of carbonyl (C=O) groups is 1. The monoisotopic (exact) mass is 270 g/mol. The van der Waals surface area contributed by atoms with Crippen molar-refractivity contribution in [2.45, 2.75) is 26.7 Å². The van der Waals surface area contributed by atoms with Gasteiger partial charge in [0.05, 0.1) is 12.2 Å². The van der Waals surface area contributed by atoms with Crippen LogP contribution < -0.4 is 4.74 Å². The lowest BCUT2D eigenvalue weighted by atomic mass is 10.1. The number of halogens is 1. The largest absolute Gasteiger partial charge is 0.493 e. The average Bonchev–Trinajstić information content (AvgIpc) is 2.23. The van der Waals surface area contributed by atoms with E-state index in [9.17, 15) is 4.79 Å². The third kappa shape index (κ3) is 3.34. The van der Waals surface area contributed by atoms with Crippen molar-refractivity contribution in [3.05, 3.63) is 27.7 Å². The molecule has 0 aromatic heterocycles. The molecule has 0 radical (unpaired) electrons. The summed E-state index contributed by atoms with van der Waals surface area (Å²) in [5.74, 6) is 0.680. The molecule has 0 unspecified atom stereocenters. The molecule has 0 N–H and O–H groups in total. The fourth-order valence-electron chi connectivity index (χ4n) is 1.21. The number of unbranched alkanes of at least 4 members (excludes halogenated alkanes) is 1. The molecule has 0 saturated carbocycles. The lowest BCUT2D eigenvalue weighted by Gasteiger charge is -2.09. The Hall–Kier alpha value is -0.830. The van der Waals surface area contributed by atoms with Gasteiger partial charge in [0.15, 0.2) is 6.29 Å². The number of ether oxygens (including phenoxy) is 1. The minimum absolute atomic E-state index is 0.601. The van der Waals surface area contributed by atoms with Crippen LogP contribution >= 0.6 is 15.9 Å². The zero-order valence-corrected chi connectivity index (χ0v) is 10.6. The minimum atomic E-state index is 0.601. The van der Waals surface area contributed by atoms with Crippen LogP contribution in [0.4, 0.5) is 0 Å². The summed E-state index contributed by atoms with van der Waals surface area (Å²) >= 11 is 3.39. The van der Waals surface area contributed by atoms with Crippen molar-refractivity contribution in [3.8, 4) is 5.75 Å². The molecule has 82 valence electrons. The van der Waals surface area contributed by atoms with Crippen LogP contribution in [0.2, 0.25) is 0 Å². The van der Waals surface area contributed by atoms with Gasteiger partial charge < -0.3 is 4.74 Å². The third-order valence-electron chi connectivity index (χ3n) is 2.17. The summed E-state index contributed by atoms with van der Waals surface area (Å²) in [5, 5.41) is 0. The molecule has 1 aromatic carbocycles. The molecule has 15 heavy (non-hydrogen) atoms. The predicted octanol–water partition coefficient (Wildman–Crippen LogP) is 3.75. The molecule has 1 rings (SSSR count). The van der Waals surface area contributed by atoms with Crippen LogP contribution in [-0.2, 0) is 0 Å². The van der Waals surface area contributed by atoms with Crippen molar-refractivity contribution in [1.29, 1.82) is 0 Å². The maximum Gasteiger partial charge on any atom is 0.153 e. The Labute approximate surface area is 98.8 Å². The topological polar surface area (TPSA) is 26.3 Å². The first kappa shape index (κ1) is 12.2. The van der Waals surface area contributed by atoms with Gasteiger partial charge in [0.2, 0.25) is 0 Å². The zero-order valence-electron chi connectivity index (χ0n) is 9.05. The highest BCUT2D eigenvalue weighted by atomic mass is 79.9. The number of aldehydes is 1. The summed E-state index contributed by atoms with van der Waals surface area (Å²) in [7, 11) is 0. The first-order chi connectivity index (χ1) is 7.19. The number of hydrogen-bond acceptors (Lipinski definition) is 2. The highest BCUT2D eigenvalue weighted by molar-refractivity contribution is 9.10. The molecule has 0 aliphatic rings. The molecule has 0 amide bonds. The molecule has 0 atom stereocenters. The predicted molar refractivity (Wildman–Crippen MR) is 64.7 cm³/mol. The molecule has 0 aliphatic carbocycles. The standard InChI is InChI=1S/C12H15BrO2/c1-3-4-5-15-12-6-9(2)11(13)7-10(12)8-14/h6-8H,3-5H2,1-2H3. The highest BCUT2D eigenvalue weighted by Gasteiger charge is 2.06. The maximum atomic E-state index is 10.8. The summed E-state index contributed by atoms with van der Waals surface area (Å²) in [6, 6.07) is 3.69. The first-order valence-corrected chi connectivity index (χ1v) is 5.86. The molecule has 0 bridgehead atoms. The van der Waals surface area contributed by atoms with Crippen molar-refractivity contribution in [1.82, 2.24) is 0 Å². The van der Waals surface area contributed by atoms with Crippen LogP contribution in [0, 0.1) is 6.92 Å². The number of benzene rings is 1. The number of carbonyl (C=O) groups excluding carboxylic acids is 1. The van der Waals surface area contributed by atoms with Crippen LogP contribution in [0.3, 0.4) is 0 Å². The van der Waals surface area contributed by atoms with Crippen LogP contribution in [0.25, 0.3) is 0 Å². The van der Waals surface area contributed by atoms with Crippen molar-refractivity contribution < 1.29 is 9.53 Å². The van der Waals surface area contributed by atoms with E-state index in [2.05, 4.69) is 22.9 Å². The average molecular weight is 271 g/mol. The van der Waals surface area contributed by atoms with Crippen molar-refractivity contribution in [3.63, 3.8) is 0 Å². The molecular formula is C12H15BrO2. The van der Waals surface area contributed by atoms with Crippen molar-refractivity contribution in [2.75, 3.05) is 6.61 Å². The van der Waals surface area contributed by atoms with Gasteiger partial charge in [-0.15, -0.1) is 0 Å². The molecule has 0 fully saturated rings. The van der Waals surface area contributed by atoms with Crippen LogP contribution in [0.1, 0.15) is 35.7 Å². The van der Waals surface area contributed by atoms with E-state index >= 15 is 0 Å². The maximum absolute atomic E-state index is 10.8. The van der Waals surface area contributed by atoms with Gasteiger partial charge in [-0.3, -0.25) is 4.79 Å². The summed E-state index contributed by atoms with van der Waals surface area (Å²) < 4.78 is 6.49. The van der Waals surface area contributed by atoms with E-state index in [1.165, 1.54) is 0 Å². The van der Waals surface area contributed by atoms with E-state index in [4.69, 9.17) is 4.74 Å². The van der Waals surface area contributed by atoms with Gasteiger partial charge in [0.1, 0.15) is 5.75 Å². The van der Waals surface area contributed by atoms with E-state index in [1.54, 1.807) is 6.07 Å². The Morgan fingerprint density at radius 2 is 2.20 bits per heavy atom. The van der Waals surface area contributed by atoms with Gasteiger partial charge in [-0.2, -0.15) is 0 Å². The molecule has 0 aliphatic heterocycles. The molecule has 0 heterocycles. The molecule has 0 saturated heterocycles.